The molecule has 1 amide bonds. The van der Waals surface area contributed by atoms with Gasteiger partial charge in [-0.2, -0.15) is 0 Å². The van der Waals surface area contributed by atoms with Crippen molar-refractivity contribution in [1.82, 2.24) is 4.90 Å². The van der Waals surface area contributed by atoms with Gasteiger partial charge in [0.1, 0.15) is 0 Å². The molecule has 3 rings (SSSR count). The van der Waals surface area contributed by atoms with E-state index in [2.05, 4.69) is 46.8 Å². The van der Waals surface area contributed by atoms with E-state index in [1.54, 1.807) is 4.90 Å². The molecule has 2 aliphatic rings. The summed E-state index contributed by atoms with van der Waals surface area (Å²) in [5.74, 6) is -0.916. The van der Waals surface area contributed by atoms with E-state index in [0.717, 1.165) is 41.8 Å². The van der Waals surface area contributed by atoms with Gasteiger partial charge < -0.3 is 10.0 Å². The molecule has 1 atom stereocenters. The molecule has 1 saturated carbocycles. The molecule has 1 fully saturated rings. The molecule has 4 nitrogen and oxygen atoms in total. The molecule has 1 heterocycles. The first-order valence-electron chi connectivity index (χ1n) is 10.9. The van der Waals surface area contributed by atoms with Crippen LogP contribution in [0.15, 0.2) is 30.0 Å². The second-order valence-electron chi connectivity index (χ2n) is 10.7. The van der Waals surface area contributed by atoms with Crippen LogP contribution in [0.2, 0.25) is 5.02 Å². The van der Waals surface area contributed by atoms with E-state index in [1.165, 1.54) is 5.57 Å². The maximum Gasteiger partial charge on any atom is 0.305 e. The largest absolute Gasteiger partial charge is 0.481 e. The number of carbonyl (C=O) groups excluding carboxylic acids is 1. The van der Waals surface area contributed by atoms with Crippen LogP contribution in [-0.4, -0.2) is 28.4 Å². The van der Waals surface area contributed by atoms with E-state index in [-0.39, 0.29) is 29.7 Å². The summed E-state index contributed by atoms with van der Waals surface area (Å²) in [7, 11) is 0. The highest BCUT2D eigenvalue weighted by Crippen LogP contribution is 2.59. The standard InChI is InChI=1S/C25H34ClNO3/c1-23(2,3)10-8-17-6-7-18(14-19(17)26)25(5)15-21(28)27(13-9-22(29)30)16-20(25)24(4)11-12-24/h6-7,14,16H,8-13,15H2,1-5H3,(H,29,30). The van der Waals surface area contributed by atoms with Crippen molar-refractivity contribution in [3.8, 4) is 0 Å². The molecule has 1 aromatic rings. The van der Waals surface area contributed by atoms with Crippen LogP contribution in [0.4, 0.5) is 0 Å². The molecule has 0 radical (unpaired) electrons. The van der Waals surface area contributed by atoms with Gasteiger partial charge in [0.25, 0.3) is 0 Å². The van der Waals surface area contributed by atoms with E-state index in [0.29, 0.717) is 6.42 Å². The summed E-state index contributed by atoms with van der Waals surface area (Å²) >= 11 is 6.69. The molecular formula is C25H34ClNO3. The molecule has 1 aromatic carbocycles. The number of carboxylic acids is 1. The molecule has 0 spiro atoms. The zero-order valence-corrected chi connectivity index (χ0v) is 19.6. The van der Waals surface area contributed by atoms with Gasteiger partial charge in [0, 0.05) is 29.6 Å². The predicted molar refractivity (Wildman–Crippen MR) is 121 cm³/mol. The van der Waals surface area contributed by atoms with Crippen molar-refractivity contribution in [3.05, 3.63) is 46.1 Å². The number of nitrogens with zero attached hydrogens (tertiary/aromatic N) is 1. The zero-order valence-electron chi connectivity index (χ0n) is 18.8. The Morgan fingerprint density at radius 1 is 1.23 bits per heavy atom. The van der Waals surface area contributed by atoms with Crippen molar-refractivity contribution >= 4 is 23.5 Å². The average molecular weight is 432 g/mol. The lowest BCUT2D eigenvalue weighted by atomic mass is 9.66. The molecule has 0 bridgehead atoms. The Kier molecular flexibility index (Phi) is 6.12. The van der Waals surface area contributed by atoms with Gasteiger partial charge in [-0.15, -0.1) is 0 Å². The number of hydrogen-bond acceptors (Lipinski definition) is 2. The summed E-state index contributed by atoms with van der Waals surface area (Å²) in [6.07, 6.45) is 6.40. The molecule has 1 aliphatic carbocycles. The smallest absolute Gasteiger partial charge is 0.305 e. The van der Waals surface area contributed by atoms with Crippen molar-refractivity contribution in [2.75, 3.05) is 6.54 Å². The molecule has 0 saturated heterocycles. The lowest BCUT2D eigenvalue weighted by Crippen LogP contribution is -2.43. The molecular weight excluding hydrogens is 398 g/mol. The number of carbonyl (C=O) groups is 2. The van der Waals surface area contributed by atoms with Crippen LogP contribution in [0.5, 0.6) is 0 Å². The number of rotatable bonds is 7. The Morgan fingerprint density at radius 2 is 1.90 bits per heavy atom. The fourth-order valence-electron chi connectivity index (χ4n) is 4.41. The van der Waals surface area contributed by atoms with Crippen LogP contribution in [0.25, 0.3) is 0 Å². The third-order valence-electron chi connectivity index (χ3n) is 6.76. The maximum absolute atomic E-state index is 12.9. The summed E-state index contributed by atoms with van der Waals surface area (Å²) in [6, 6.07) is 6.28. The fraction of sp³-hybridized carbons (Fsp3) is 0.600. The minimum Gasteiger partial charge on any atom is -0.481 e. The summed E-state index contributed by atoms with van der Waals surface area (Å²) < 4.78 is 0. The highest BCUT2D eigenvalue weighted by atomic mass is 35.5. The Hall–Kier alpha value is -1.81. The Balaban J connectivity index is 1.93. The van der Waals surface area contributed by atoms with E-state index in [1.807, 2.05) is 12.3 Å². The maximum atomic E-state index is 12.9. The van der Waals surface area contributed by atoms with Gasteiger partial charge in [-0.25, -0.2) is 0 Å². The molecule has 30 heavy (non-hydrogen) atoms. The number of allylic oxidation sites excluding steroid dienone is 1. The summed E-state index contributed by atoms with van der Waals surface area (Å²) in [4.78, 5) is 25.5. The van der Waals surface area contributed by atoms with Crippen molar-refractivity contribution in [3.63, 3.8) is 0 Å². The molecule has 5 heteroatoms. The van der Waals surface area contributed by atoms with Gasteiger partial charge in [-0.1, -0.05) is 58.4 Å². The van der Waals surface area contributed by atoms with Crippen molar-refractivity contribution in [2.45, 2.75) is 78.6 Å². The molecule has 164 valence electrons. The van der Waals surface area contributed by atoms with E-state index in [9.17, 15) is 9.59 Å². The van der Waals surface area contributed by atoms with Gasteiger partial charge in [0.2, 0.25) is 5.91 Å². The number of benzene rings is 1. The van der Waals surface area contributed by atoms with E-state index < -0.39 is 11.4 Å². The van der Waals surface area contributed by atoms with Crippen LogP contribution in [-0.2, 0) is 21.4 Å². The second kappa shape index (κ2) is 8.03. The predicted octanol–water partition coefficient (Wildman–Crippen LogP) is 5.97. The first kappa shape index (κ1) is 22.9. The monoisotopic (exact) mass is 431 g/mol. The van der Waals surface area contributed by atoms with E-state index in [4.69, 9.17) is 16.7 Å². The van der Waals surface area contributed by atoms with Gasteiger partial charge in [-0.3, -0.25) is 9.59 Å². The van der Waals surface area contributed by atoms with Crippen LogP contribution < -0.4 is 0 Å². The van der Waals surface area contributed by atoms with Gasteiger partial charge in [0.15, 0.2) is 0 Å². The first-order valence-corrected chi connectivity index (χ1v) is 11.2. The Morgan fingerprint density at radius 3 is 2.43 bits per heavy atom. The highest BCUT2D eigenvalue weighted by molar-refractivity contribution is 6.31. The van der Waals surface area contributed by atoms with Crippen LogP contribution in [0.1, 0.15) is 77.8 Å². The normalized spacial score (nSPS) is 23.3. The number of halogens is 1. The minimum atomic E-state index is -0.888. The van der Waals surface area contributed by atoms with Gasteiger partial charge in [0.05, 0.1) is 6.42 Å². The SMILES string of the molecule is CC(C)(C)CCc1ccc(C2(C)CC(=O)N(CCC(=O)O)C=C2C2(C)CC2)cc1Cl. The lowest BCUT2D eigenvalue weighted by molar-refractivity contribution is -0.138. The number of carboxylic acid groups (broad SMARTS) is 1. The summed E-state index contributed by atoms with van der Waals surface area (Å²) in [5, 5.41) is 9.79. The minimum absolute atomic E-state index is 0.0281. The lowest BCUT2D eigenvalue weighted by Gasteiger charge is -2.42. The number of hydrogen-bond donors (Lipinski definition) is 1. The molecule has 0 aromatic heterocycles. The third kappa shape index (κ3) is 4.91. The second-order valence-corrected chi connectivity index (χ2v) is 11.1. The van der Waals surface area contributed by atoms with Gasteiger partial charge >= 0.3 is 5.97 Å². The zero-order chi connectivity index (χ0) is 22.3. The number of aliphatic carboxylic acids is 1. The highest BCUT2D eigenvalue weighted by Gasteiger charge is 2.52. The third-order valence-corrected chi connectivity index (χ3v) is 7.11. The first-order chi connectivity index (χ1) is 13.8. The molecule has 1 aliphatic heterocycles. The van der Waals surface area contributed by atoms with Crippen LogP contribution in [0.3, 0.4) is 0 Å². The molecule has 1 N–H and O–H groups in total. The Bertz CT molecular complexity index is 879. The summed E-state index contributed by atoms with van der Waals surface area (Å²) in [5.41, 5.74) is 3.32. The number of amides is 1. The van der Waals surface area contributed by atoms with Crippen LogP contribution in [0, 0.1) is 10.8 Å². The fourth-order valence-corrected chi connectivity index (χ4v) is 4.69. The Labute approximate surface area is 185 Å². The van der Waals surface area contributed by atoms with Crippen molar-refractivity contribution < 1.29 is 14.7 Å². The quantitative estimate of drug-likeness (QED) is 0.578. The van der Waals surface area contributed by atoms with Crippen LogP contribution >= 0.6 is 11.6 Å². The molecule has 1 unspecified atom stereocenters. The van der Waals surface area contributed by atoms with Crippen molar-refractivity contribution in [2.24, 2.45) is 10.8 Å². The van der Waals surface area contributed by atoms with Crippen molar-refractivity contribution in [1.29, 1.82) is 0 Å². The summed E-state index contributed by atoms with van der Waals surface area (Å²) in [6.45, 7) is 11.3. The van der Waals surface area contributed by atoms with Gasteiger partial charge in [-0.05, 0) is 59.3 Å². The average Bonchev–Trinajstić information content (AvgIpc) is 3.37. The van der Waals surface area contributed by atoms with E-state index >= 15 is 0 Å². The number of aryl methyl sites for hydroxylation is 1. The topological polar surface area (TPSA) is 57.6 Å².